The number of benzene rings is 1. The maximum Gasteiger partial charge on any atom is 0.226 e. The van der Waals surface area contributed by atoms with Crippen molar-refractivity contribution in [2.24, 2.45) is 11.8 Å². The smallest absolute Gasteiger partial charge is 0.226 e. The molecule has 1 aromatic rings. The van der Waals surface area contributed by atoms with Crippen LogP contribution in [0.15, 0.2) is 30.3 Å². The Morgan fingerprint density at radius 1 is 1.19 bits per heavy atom. The van der Waals surface area contributed by atoms with Gasteiger partial charge in [-0.2, -0.15) is 0 Å². The van der Waals surface area contributed by atoms with Gasteiger partial charge in [0.05, 0.1) is 0 Å². The molecule has 3 rings (SSSR count). The monoisotopic (exact) mass is 286 g/mol. The Hall–Kier alpha value is -1.35. The zero-order chi connectivity index (χ0) is 14.7. The van der Waals surface area contributed by atoms with Crippen molar-refractivity contribution < 1.29 is 4.79 Å². The van der Waals surface area contributed by atoms with Crippen LogP contribution >= 0.6 is 0 Å². The van der Waals surface area contributed by atoms with E-state index >= 15 is 0 Å². The molecular weight excluding hydrogens is 260 g/mol. The first kappa shape index (κ1) is 14.6. The van der Waals surface area contributed by atoms with Gasteiger partial charge in [0, 0.05) is 18.5 Å². The lowest BCUT2D eigenvalue weighted by molar-refractivity contribution is -0.139. The van der Waals surface area contributed by atoms with Crippen molar-refractivity contribution in [1.82, 2.24) is 10.2 Å². The third kappa shape index (κ3) is 3.65. The Labute approximate surface area is 127 Å². The summed E-state index contributed by atoms with van der Waals surface area (Å²) in [7, 11) is 0. The molecule has 1 saturated heterocycles. The van der Waals surface area contributed by atoms with Gasteiger partial charge < -0.3 is 10.2 Å². The summed E-state index contributed by atoms with van der Waals surface area (Å²) < 4.78 is 0. The molecule has 1 atom stereocenters. The van der Waals surface area contributed by atoms with Crippen LogP contribution in [0.2, 0.25) is 0 Å². The highest BCUT2D eigenvalue weighted by Gasteiger charge is 2.36. The zero-order valence-corrected chi connectivity index (χ0v) is 12.9. The standard InChI is InChI=1S/C18H26N2O/c1-14(16-7-8-16)20(13-15-5-3-2-4-6-15)18(21)17-9-11-19-12-10-17/h2-6,14,16-17,19H,7-13H2,1H3. The Kier molecular flexibility index (Phi) is 4.59. The number of hydrogen-bond acceptors (Lipinski definition) is 2. The van der Waals surface area contributed by atoms with E-state index < -0.39 is 0 Å². The molecule has 0 aromatic heterocycles. The summed E-state index contributed by atoms with van der Waals surface area (Å²) in [4.78, 5) is 15.1. The average molecular weight is 286 g/mol. The van der Waals surface area contributed by atoms with Crippen molar-refractivity contribution in [1.29, 1.82) is 0 Å². The summed E-state index contributed by atoms with van der Waals surface area (Å²) >= 11 is 0. The highest BCUT2D eigenvalue weighted by Crippen LogP contribution is 2.36. The third-order valence-corrected chi connectivity index (χ3v) is 4.96. The maximum atomic E-state index is 13.0. The topological polar surface area (TPSA) is 32.3 Å². The van der Waals surface area contributed by atoms with Crippen molar-refractivity contribution >= 4 is 5.91 Å². The van der Waals surface area contributed by atoms with Crippen LogP contribution in [0.4, 0.5) is 0 Å². The summed E-state index contributed by atoms with van der Waals surface area (Å²) in [6.07, 6.45) is 4.54. The first-order chi connectivity index (χ1) is 10.3. The van der Waals surface area contributed by atoms with Crippen LogP contribution in [0.5, 0.6) is 0 Å². The summed E-state index contributed by atoms with van der Waals surface area (Å²) in [6.45, 7) is 4.96. The van der Waals surface area contributed by atoms with E-state index in [0.29, 0.717) is 11.9 Å². The molecule has 1 aliphatic carbocycles. The van der Waals surface area contributed by atoms with Crippen molar-refractivity contribution in [3.63, 3.8) is 0 Å². The van der Waals surface area contributed by atoms with E-state index in [-0.39, 0.29) is 5.92 Å². The molecule has 1 aromatic carbocycles. The molecule has 1 aliphatic heterocycles. The number of hydrogen-bond donors (Lipinski definition) is 1. The minimum Gasteiger partial charge on any atom is -0.335 e. The molecule has 0 radical (unpaired) electrons. The van der Waals surface area contributed by atoms with Crippen LogP contribution in [0.25, 0.3) is 0 Å². The van der Waals surface area contributed by atoms with Crippen molar-refractivity contribution in [3.8, 4) is 0 Å². The van der Waals surface area contributed by atoms with Gasteiger partial charge in [0.2, 0.25) is 5.91 Å². The van der Waals surface area contributed by atoms with Gasteiger partial charge in [0.15, 0.2) is 0 Å². The molecule has 1 N–H and O–H groups in total. The predicted molar refractivity (Wildman–Crippen MR) is 84.8 cm³/mol. The number of nitrogens with zero attached hydrogens (tertiary/aromatic N) is 1. The Bertz CT molecular complexity index is 463. The normalized spacial score (nSPS) is 21.0. The van der Waals surface area contributed by atoms with E-state index in [1.807, 2.05) is 6.07 Å². The van der Waals surface area contributed by atoms with Gasteiger partial charge >= 0.3 is 0 Å². The van der Waals surface area contributed by atoms with Crippen LogP contribution in [0, 0.1) is 11.8 Å². The predicted octanol–water partition coefficient (Wildman–Crippen LogP) is 2.81. The number of nitrogens with one attached hydrogen (secondary N) is 1. The Morgan fingerprint density at radius 2 is 1.86 bits per heavy atom. The molecule has 1 heterocycles. The molecule has 0 spiro atoms. The van der Waals surface area contributed by atoms with Crippen LogP contribution in [0.1, 0.15) is 38.2 Å². The van der Waals surface area contributed by atoms with Crippen LogP contribution in [-0.4, -0.2) is 29.9 Å². The summed E-state index contributed by atoms with van der Waals surface area (Å²) in [6, 6.07) is 10.8. The lowest BCUT2D eigenvalue weighted by Gasteiger charge is -2.34. The third-order valence-electron chi connectivity index (χ3n) is 4.96. The van der Waals surface area contributed by atoms with Crippen LogP contribution in [-0.2, 0) is 11.3 Å². The second-order valence-electron chi connectivity index (χ2n) is 6.55. The minimum absolute atomic E-state index is 0.219. The van der Waals surface area contributed by atoms with E-state index in [2.05, 4.69) is 41.4 Å². The van der Waals surface area contributed by atoms with E-state index in [1.165, 1.54) is 18.4 Å². The molecular formula is C18H26N2O. The summed E-state index contributed by atoms with van der Waals surface area (Å²) in [5, 5.41) is 3.35. The summed E-state index contributed by atoms with van der Waals surface area (Å²) in [5.41, 5.74) is 1.24. The number of carbonyl (C=O) groups excluding carboxylic acids is 1. The van der Waals surface area contributed by atoms with E-state index in [1.54, 1.807) is 0 Å². The number of amides is 1. The largest absolute Gasteiger partial charge is 0.335 e. The van der Waals surface area contributed by atoms with Gasteiger partial charge in [-0.15, -0.1) is 0 Å². The molecule has 1 amide bonds. The SMILES string of the molecule is CC(C1CC1)N(Cc1ccccc1)C(=O)C1CCNCC1. The minimum atomic E-state index is 0.219. The Morgan fingerprint density at radius 3 is 2.48 bits per heavy atom. The van der Waals surface area contributed by atoms with Gasteiger partial charge in [0.1, 0.15) is 0 Å². The number of carbonyl (C=O) groups is 1. The van der Waals surface area contributed by atoms with Gasteiger partial charge in [-0.1, -0.05) is 30.3 Å². The van der Waals surface area contributed by atoms with E-state index in [4.69, 9.17) is 0 Å². The van der Waals surface area contributed by atoms with Gasteiger partial charge in [-0.3, -0.25) is 4.79 Å². The maximum absolute atomic E-state index is 13.0. The fourth-order valence-electron chi connectivity index (χ4n) is 3.34. The van der Waals surface area contributed by atoms with Crippen molar-refractivity contribution in [3.05, 3.63) is 35.9 Å². The lowest BCUT2D eigenvalue weighted by Crippen LogP contribution is -2.45. The first-order valence-electron chi connectivity index (χ1n) is 8.31. The molecule has 0 bridgehead atoms. The highest BCUT2D eigenvalue weighted by molar-refractivity contribution is 5.79. The van der Waals surface area contributed by atoms with Gasteiger partial charge in [-0.05, 0) is 57.2 Å². The number of piperidine rings is 1. The molecule has 1 unspecified atom stereocenters. The van der Waals surface area contributed by atoms with E-state index in [9.17, 15) is 4.79 Å². The zero-order valence-electron chi connectivity index (χ0n) is 12.9. The molecule has 2 fully saturated rings. The molecule has 3 nitrogen and oxygen atoms in total. The summed E-state index contributed by atoms with van der Waals surface area (Å²) in [5.74, 6) is 1.32. The van der Waals surface area contributed by atoms with Gasteiger partial charge in [0.25, 0.3) is 0 Å². The van der Waals surface area contributed by atoms with Crippen LogP contribution < -0.4 is 5.32 Å². The molecule has 2 aliphatic rings. The first-order valence-corrected chi connectivity index (χ1v) is 8.31. The molecule has 3 heteroatoms. The lowest BCUT2D eigenvalue weighted by atomic mass is 9.95. The van der Waals surface area contributed by atoms with Crippen molar-refractivity contribution in [2.75, 3.05) is 13.1 Å². The average Bonchev–Trinajstić information content (AvgIpc) is 3.38. The fraction of sp³-hybridized carbons (Fsp3) is 0.611. The van der Waals surface area contributed by atoms with Crippen molar-refractivity contribution in [2.45, 2.75) is 45.2 Å². The fourth-order valence-corrected chi connectivity index (χ4v) is 3.34. The second-order valence-corrected chi connectivity index (χ2v) is 6.55. The second kappa shape index (κ2) is 6.61. The van der Waals surface area contributed by atoms with E-state index in [0.717, 1.165) is 38.4 Å². The Balaban J connectivity index is 1.73. The molecule has 21 heavy (non-hydrogen) atoms. The molecule has 1 saturated carbocycles. The molecule has 114 valence electrons. The number of rotatable bonds is 5. The quantitative estimate of drug-likeness (QED) is 0.902. The highest BCUT2D eigenvalue weighted by atomic mass is 16.2. The van der Waals surface area contributed by atoms with Crippen LogP contribution in [0.3, 0.4) is 0 Å². The van der Waals surface area contributed by atoms with Gasteiger partial charge in [-0.25, -0.2) is 0 Å².